The van der Waals surface area contributed by atoms with Crippen molar-refractivity contribution in [1.82, 2.24) is 4.65 Å². The Labute approximate surface area is 233 Å². The molecule has 0 saturated carbocycles. The normalized spacial score (nSPS) is 11.7. The summed E-state index contributed by atoms with van der Waals surface area (Å²) >= 11 is 0. The molecule has 0 fully saturated rings. The summed E-state index contributed by atoms with van der Waals surface area (Å²) in [6.07, 6.45) is 0. The second kappa shape index (κ2) is 11.2. The Morgan fingerprint density at radius 2 is 0.385 bits per heavy atom. The maximum atomic E-state index is 6.44. The molecule has 0 aliphatic rings. The summed E-state index contributed by atoms with van der Waals surface area (Å²) in [5, 5.41) is 7.76. The number of rotatable bonds is 8. The highest BCUT2D eigenvalue weighted by Crippen LogP contribution is 2.14. The molecule has 0 unspecified atom stereocenters. The van der Waals surface area contributed by atoms with E-state index in [1.165, 1.54) is 31.1 Å². The monoisotopic (exact) mass is 532 g/mol. The van der Waals surface area contributed by atoms with E-state index in [2.05, 4.69) is 182 Å². The molecule has 0 heterocycles. The van der Waals surface area contributed by atoms with Crippen LogP contribution in [0.15, 0.2) is 182 Å². The fourth-order valence-electron chi connectivity index (χ4n) is 5.71. The zero-order chi connectivity index (χ0) is 26.4. The zero-order valence-electron chi connectivity index (χ0n) is 21.8. The van der Waals surface area contributed by atoms with Crippen LogP contribution >= 0.6 is 0 Å². The molecule has 0 aliphatic heterocycles. The average Bonchev–Trinajstić information content (AvgIpc) is 3.04. The van der Waals surface area contributed by atoms with E-state index in [0.717, 1.165) is 0 Å². The first-order valence-corrected chi connectivity index (χ1v) is 17.3. The van der Waals surface area contributed by atoms with E-state index in [1.54, 1.807) is 0 Å². The Morgan fingerprint density at radius 3 is 0.538 bits per heavy atom. The minimum absolute atomic E-state index is 1.29. The molecule has 1 radical (unpaired) electrons. The van der Waals surface area contributed by atoms with E-state index in [4.69, 9.17) is 4.65 Å². The van der Waals surface area contributed by atoms with Crippen LogP contribution in [-0.4, -0.2) is 16.5 Å². The van der Waals surface area contributed by atoms with Gasteiger partial charge in [-0.15, -0.1) is 0 Å². The molecule has 0 saturated heterocycles. The molecule has 0 bridgehead atoms. The van der Waals surface area contributed by atoms with Gasteiger partial charge in [-0.1, -0.05) is 182 Å². The standard InChI is InChI=1S/C36H30NSi2/c1-7-19-31(20-8-1)38(32-21-9-2-10-22-32,33-23-11-3-12-24-33)37-39(34-25-13-4-14-26-34,35-27-15-5-16-28-35)36-29-17-6-18-30-36/h1-30H. The maximum absolute atomic E-state index is 6.44. The Kier molecular flexibility index (Phi) is 7.20. The van der Waals surface area contributed by atoms with E-state index in [0.29, 0.717) is 0 Å². The molecule has 0 atom stereocenters. The van der Waals surface area contributed by atoms with Crippen LogP contribution in [0.4, 0.5) is 0 Å². The van der Waals surface area contributed by atoms with Crippen LogP contribution in [0.2, 0.25) is 0 Å². The maximum Gasteiger partial charge on any atom is 0.231 e. The summed E-state index contributed by atoms with van der Waals surface area (Å²) in [6.45, 7) is 0. The highest BCUT2D eigenvalue weighted by Gasteiger charge is 2.52. The van der Waals surface area contributed by atoms with E-state index in [9.17, 15) is 0 Å². The molecule has 6 aromatic rings. The van der Waals surface area contributed by atoms with Gasteiger partial charge >= 0.3 is 0 Å². The van der Waals surface area contributed by atoms with Crippen molar-refractivity contribution in [2.45, 2.75) is 0 Å². The van der Waals surface area contributed by atoms with Crippen molar-refractivity contribution in [3.63, 3.8) is 0 Å². The van der Waals surface area contributed by atoms with Crippen LogP contribution in [-0.2, 0) is 0 Å². The van der Waals surface area contributed by atoms with Gasteiger partial charge in [0.15, 0.2) is 0 Å². The van der Waals surface area contributed by atoms with Gasteiger partial charge in [0.25, 0.3) is 0 Å². The third kappa shape index (κ3) is 4.62. The van der Waals surface area contributed by atoms with Crippen molar-refractivity contribution >= 4 is 47.6 Å². The van der Waals surface area contributed by atoms with Crippen LogP contribution < -0.4 is 35.8 Å². The predicted octanol–water partition coefficient (Wildman–Crippen LogP) is 3.93. The van der Waals surface area contributed by atoms with Gasteiger partial charge in [0.2, 0.25) is 16.5 Å². The number of nitrogens with zero attached hydrogens (tertiary/aromatic N) is 1. The summed E-state index contributed by atoms with van der Waals surface area (Å²) in [7, 11) is -5.84. The molecule has 6 aromatic carbocycles. The van der Waals surface area contributed by atoms with Crippen LogP contribution in [0, 0.1) is 0 Å². The first-order valence-electron chi connectivity index (χ1n) is 13.4. The van der Waals surface area contributed by atoms with Gasteiger partial charge < -0.3 is 0 Å². The summed E-state index contributed by atoms with van der Waals surface area (Å²) in [6, 6.07) is 66.0. The third-order valence-corrected chi connectivity index (χ3v) is 17.2. The van der Waals surface area contributed by atoms with E-state index >= 15 is 0 Å². The molecule has 0 amide bonds. The van der Waals surface area contributed by atoms with E-state index in [1.807, 2.05) is 0 Å². The Bertz CT molecular complexity index is 1270. The quantitative estimate of drug-likeness (QED) is 0.208. The van der Waals surface area contributed by atoms with Crippen LogP contribution in [0.3, 0.4) is 0 Å². The molecule has 39 heavy (non-hydrogen) atoms. The Hall–Kier alpha value is -4.29. The van der Waals surface area contributed by atoms with Crippen molar-refractivity contribution in [2.24, 2.45) is 0 Å². The number of hydrogen-bond acceptors (Lipinski definition) is 0. The largest absolute Gasteiger partial charge is 0.269 e. The lowest BCUT2D eigenvalue weighted by atomic mass is 10.3. The van der Waals surface area contributed by atoms with Crippen LogP contribution in [0.1, 0.15) is 0 Å². The van der Waals surface area contributed by atoms with Crippen molar-refractivity contribution in [3.05, 3.63) is 182 Å². The molecule has 0 aliphatic carbocycles. The second-order valence-electron chi connectivity index (χ2n) is 9.73. The van der Waals surface area contributed by atoms with E-state index in [-0.39, 0.29) is 0 Å². The molecule has 0 aromatic heterocycles. The highest BCUT2D eigenvalue weighted by atomic mass is 28.4. The molecule has 0 spiro atoms. The van der Waals surface area contributed by atoms with Gasteiger partial charge in [-0.3, -0.25) is 4.65 Å². The fourth-order valence-corrected chi connectivity index (χ4v) is 16.9. The second-order valence-corrected chi connectivity index (χ2v) is 16.9. The van der Waals surface area contributed by atoms with Crippen LogP contribution in [0.5, 0.6) is 0 Å². The summed E-state index contributed by atoms with van der Waals surface area (Å²) in [4.78, 5) is 0. The lowest BCUT2D eigenvalue weighted by molar-refractivity contribution is 1.38. The summed E-state index contributed by atoms with van der Waals surface area (Å²) < 4.78 is 6.44. The molecular weight excluding hydrogens is 503 g/mol. The molecule has 187 valence electrons. The number of benzene rings is 6. The van der Waals surface area contributed by atoms with Crippen molar-refractivity contribution in [2.75, 3.05) is 0 Å². The third-order valence-electron chi connectivity index (χ3n) is 7.48. The van der Waals surface area contributed by atoms with Gasteiger partial charge in [0.05, 0.1) is 0 Å². The Balaban J connectivity index is 1.76. The fraction of sp³-hybridized carbons (Fsp3) is 0. The van der Waals surface area contributed by atoms with Gasteiger partial charge in [0.1, 0.15) is 0 Å². The average molecular weight is 533 g/mol. The van der Waals surface area contributed by atoms with Crippen molar-refractivity contribution in [3.8, 4) is 0 Å². The topological polar surface area (TPSA) is 14.1 Å². The predicted molar refractivity (Wildman–Crippen MR) is 170 cm³/mol. The molecular formula is C36H30NSi2. The van der Waals surface area contributed by atoms with Gasteiger partial charge in [-0.25, -0.2) is 0 Å². The molecule has 6 rings (SSSR count). The Morgan fingerprint density at radius 1 is 0.231 bits per heavy atom. The summed E-state index contributed by atoms with van der Waals surface area (Å²) in [5.41, 5.74) is 0. The van der Waals surface area contributed by atoms with Crippen molar-refractivity contribution in [1.29, 1.82) is 0 Å². The van der Waals surface area contributed by atoms with Gasteiger partial charge in [0, 0.05) is 0 Å². The smallest absolute Gasteiger partial charge is 0.231 e. The SMILES string of the molecule is c1ccc([Si]([N][Si](c2ccccc2)(c2ccccc2)c2ccccc2)(c2ccccc2)c2ccccc2)cc1. The number of hydrogen-bond donors (Lipinski definition) is 0. The zero-order valence-corrected chi connectivity index (χ0v) is 23.8. The molecule has 3 heteroatoms. The minimum atomic E-state index is -2.92. The highest BCUT2D eigenvalue weighted by molar-refractivity contribution is 7.22. The molecule has 0 N–H and O–H groups in total. The molecule has 1 nitrogen and oxygen atoms in total. The van der Waals surface area contributed by atoms with Crippen LogP contribution in [0.25, 0.3) is 0 Å². The van der Waals surface area contributed by atoms with Gasteiger partial charge in [-0.2, -0.15) is 0 Å². The summed E-state index contributed by atoms with van der Waals surface area (Å²) in [5.74, 6) is 0. The van der Waals surface area contributed by atoms with Gasteiger partial charge in [-0.05, 0) is 31.1 Å². The lowest BCUT2D eigenvalue weighted by Crippen LogP contribution is -2.86. The van der Waals surface area contributed by atoms with Crippen molar-refractivity contribution < 1.29 is 0 Å². The lowest BCUT2D eigenvalue weighted by Gasteiger charge is -2.43. The first kappa shape index (κ1) is 25.0. The first-order chi connectivity index (χ1) is 19.3. The van der Waals surface area contributed by atoms with E-state index < -0.39 is 16.5 Å². The minimum Gasteiger partial charge on any atom is -0.269 e.